The minimum absolute atomic E-state index is 0.0352. The van der Waals surface area contributed by atoms with E-state index in [4.69, 9.17) is 4.74 Å². The Hall–Kier alpha value is -1.63. The summed E-state index contributed by atoms with van der Waals surface area (Å²) in [6.45, 7) is 6.80. The maximum Gasteiger partial charge on any atom is 0.317 e. The number of urea groups is 1. The van der Waals surface area contributed by atoms with Gasteiger partial charge in [-0.1, -0.05) is 30.3 Å². The predicted molar refractivity (Wildman–Crippen MR) is 106 cm³/mol. The van der Waals surface area contributed by atoms with Crippen LogP contribution >= 0.6 is 0 Å². The molecule has 0 saturated carbocycles. The first-order valence-electron chi connectivity index (χ1n) is 10.3. The van der Waals surface area contributed by atoms with Crippen LogP contribution < -0.4 is 5.32 Å². The van der Waals surface area contributed by atoms with Crippen molar-refractivity contribution < 1.29 is 14.6 Å². The molecular formula is C21H33N3O3. The van der Waals surface area contributed by atoms with Gasteiger partial charge in [0.15, 0.2) is 0 Å². The number of aliphatic hydroxyl groups excluding tert-OH is 1. The largest absolute Gasteiger partial charge is 0.392 e. The number of aliphatic hydroxyl groups is 1. The second-order valence-electron chi connectivity index (χ2n) is 7.62. The maximum absolute atomic E-state index is 12.3. The van der Waals surface area contributed by atoms with Crippen LogP contribution in [0.15, 0.2) is 30.3 Å². The summed E-state index contributed by atoms with van der Waals surface area (Å²) in [5.41, 5.74) is 1.17. The second-order valence-corrected chi connectivity index (χ2v) is 7.62. The molecule has 1 aromatic carbocycles. The lowest BCUT2D eigenvalue weighted by Gasteiger charge is -2.34. The van der Waals surface area contributed by atoms with Crippen molar-refractivity contribution in [3.63, 3.8) is 0 Å². The van der Waals surface area contributed by atoms with Gasteiger partial charge in [0, 0.05) is 32.7 Å². The molecule has 2 fully saturated rings. The fourth-order valence-electron chi connectivity index (χ4n) is 3.94. The second kappa shape index (κ2) is 10.6. The SMILES string of the molecule is O=C(NCCCN1CCOCC1)N1CCC([C@H](O)Cc2ccccc2)CC1. The lowest BCUT2D eigenvalue weighted by Crippen LogP contribution is -2.46. The maximum atomic E-state index is 12.3. The summed E-state index contributed by atoms with van der Waals surface area (Å²) in [6.07, 6.45) is 3.08. The molecule has 0 radical (unpaired) electrons. The molecule has 6 heteroatoms. The standard InChI is InChI=1S/C21H33N3O3/c25-20(17-18-5-2-1-3-6-18)19-7-11-24(12-8-19)21(26)22-9-4-10-23-13-15-27-16-14-23/h1-3,5-6,19-20,25H,4,7-17H2,(H,22,26)/t20-/m1/s1. The van der Waals surface area contributed by atoms with Crippen LogP contribution in [-0.2, 0) is 11.2 Å². The number of carbonyl (C=O) groups excluding carboxylic acids is 1. The molecule has 0 spiro atoms. The molecule has 2 aliphatic heterocycles. The third-order valence-electron chi connectivity index (χ3n) is 5.69. The van der Waals surface area contributed by atoms with Gasteiger partial charge in [0.05, 0.1) is 19.3 Å². The van der Waals surface area contributed by atoms with E-state index in [1.807, 2.05) is 23.1 Å². The molecule has 2 amide bonds. The number of nitrogens with zero attached hydrogens (tertiary/aromatic N) is 2. The van der Waals surface area contributed by atoms with E-state index in [0.29, 0.717) is 13.0 Å². The van der Waals surface area contributed by atoms with E-state index in [1.165, 1.54) is 5.56 Å². The highest BCUT2D eigenvalue weighted by atomic mass is 16.5. The Labute approximate surface area is 162 Å². The monoisotopic (exact) mass is 375 g/mol. The highest BCUT2D eigenvalue weighted by Crippen LogP contribution is 2.23. The van der Waals surface area contributed by atoms with Crippen molar-refractivity contribution in [1.29, 1.82) is 0 Å². The highest BCUT2D eigenvalue weighted by molar-refractivity contribution is 5.74. The summed E-state index contributed by atoms with van der Waals surface area (Å²) in [7, 11) is 0. The summed E-state index contributed by atoms with van der Waals surface area (Å²) in [4.78, 5) is 16.6. The van der Waals surface area contributed by atoms with Crippen LogP contribution in [0.1, 0.15) is 24.8 Å². The molecule has 27 heavy (non-hydrogen) atoms. The Morgan fingerprint density at radius 3 is 2.56 bits per heavy atom. The third-order valence-corrected chi connectivity index (χ3v) is 5.69. The van der Waals surface area contributed by atoms with E-state index in [0.717, 1.165) is 65.2 Å². The molecule has 150 valence electrons. The number of hydrogen-bond acceptors (Lipinski definition) is 4. The number of likely N-dealkylation sites (tertiary alicyclic amines) is 1. The average molecular weight is 376 g/mol. The number of rotatable bonds is 7. The molecule has 2 heterocycles. The Kier molecular flexibility index (Phi) is 7.93. The number of benzene rings is 1. The van der Waals surface area contributed by atoms with Crippen molar-refractivity contribution >= 4 is 6.03 Å². The molecule has 0 aromatic heterocycles. The van der Waals surface area contributed by atoms with Gasteiger partial charge in [0.2, 0.25) is 0 Å². The van der Waals surface area contributed by atoms with Crippen LogP contribution in [0.25, 0.3) is 0 Å². The Morgan fingerprint density at radius 2 is 1.85 bits per heavy atom. The number of morpholine rings is 1. The number of carbonyl (C=O) groups is 1. The van der Waals surface area contributed by atoms with Crippen molar-refractivity contribution in [2.75, 3.05) is 52.5 Å². The van der Waals surface area contributed by atoms with Gasteiger partial charge < -0.3 is 20.1 Å². The van der Waals surface area contributed by atoms with Gasteiger partial charge in [0.1, 0.15) is 0 Å². The molecule has 2 saturated heterocycles. The van der Waals surface area contributed by atoms with Gasteiger partial charge in [-0.05, 0) is 43.7 Å². The number of amides is 2. The van der Waals surface area contributed by atoms with Crippen LogP contribution in [0.3, 0.4) is 0 Å². The minimum Gasteiger partial charge on any atom is -0.392 e. The molecule has 0 unspecified atom stereocenters. The average Bonchev–Trinajstić information content (AvgIpc) is 2.72. The molecule has 0 aliphatic carbocycles. The first-order chi connectivity index (χ1) is 13.2. The minimum atomic E-state index is -0.328. The number of nitrogens with one attached hydrogen (secondary N) is 1. The van der Waals surface area contributed by atoms with Crippen molar-refractivity contribution in [1.82, 2.24) is 15.1 Å². The van der Waals surface area contributed by atoms with Crippen molar-refractivity contribution in [2.45, 2.75) is 31.8 Å². The van der Waals surface area contributed by atoms with E-state index in [9.17, 15) is 9.90 Å². The predicted octanol–water partition coefficient (Wildman–Crippen LogP) is 1.73. The van der Waals surface area contributed by atoms with Gasteiger partial charge in [-0.15, -0.1) is 0 Å². The Bertz CT molecular complexity index is 555. The summed E-state index contributed by atoms with van der Waals surface area (Å²) < 4.78 is 5.35. The van der Waals surface area contributed by atoms with Crippen molar-refractivity contribution in [3.8, 4) is 0 Å². The van der Waals surface area contributed by atoms with E-state index in [1.54, 1.807) is 0 Å². The molecule has 6 nitrogen and oxygen atoms in total. The summed E-state index contributed by atoms with van der Waals surface area (Å²) in [5.74, 6) is 0.274. The van der Waals surface area contributed by atoms with Crippen LogP contribution in [-0.4, -0.2) is 79.5 Å². The zero-order valence-corrected chi connectivity index (χ0v) is 16.2. The molecule has 1 aromatic rings. The quantitative estimate of drug-likeness (QED) is 0.713. The molecule has 2 aliphatic rings. The van der Waals surface area contributed by atoms with Crippen LogP contribution in [0.2, 0.25) is 0 Å². The molecule has 3 rings (SSSR count). The number of piperidine rings is 1. The Morgan fingerprint density at radius 1 is 1.15 bits per heavy atom. The summed E-state index contributed by atoms with van der Waals surface area (Å²) >= 11 is 0. The van der Waals surface area contributed by atoms with Gasteiger partial charge in [-0.25, -0.2) is 4.79 Å². The smallest absolute Gasteiger partial charge is 0.317 e. The topological polar surface area (TPSA) is 65.0 Å². The van der Waals surface area contributed by atoms with Crippen LogP contribution in [0.4, 0.5) is 4.79 Å². The van der Waals surface area contributed by atoms with Gasteiger partial charge in [0.25, 0.3) is 0 Å². The molecule has 1 atom stereocenters. The molecule has 0 bridgehead atoms. The zero-order valence-electron chi connectivity index (χ0n) is 16.2. The van der Waals surface area contributed by atoms with E-state index in [2.05, 4.69) is 22.3 Å². The zero-order chi connectivity index (χ0) is 18.9. The van der Waals surface area contributed by atoms with Crippen molar-refractivity contribution in [3.05, 3.63) is 35.9 Å². The number of hydrogen-bond donors (Lipinski definition) is 2. The lowest BCUT2D eigenvalue weighted by molar-refractivity contribution is 0.0374. The Balaban J connectivity index is 1.30. The third kappa shape index (κ3) is 6.48. The summed E-state index contributed by atoms with van der Waals surface area (Å²) in [6, 6.07) is 10.2. The lowest BCUT2D eigenvalue weighted by atomic mass is 9.88. The fraction of sp³-hybridized carbons (Fsp3) is 0.667. The number of ether oxygens (including phenoxy) is 1. The summed E-state index contributed by atoms with van der Waals surface area (Å²) in [5, 5.41) is 13.6. The van der Waals surface area contributed by atoms with Gasteiger partial charge in [-0.2, -0.15) is 0 Å². The highest BCUT2D eigenvalue weighted by Gasteiger charge is 2.27. The van der Waals surface area contributed by atoms with Crippen molar-refractivity contribution in [2.24, 2.45) is 5.92 Å². The van der Waals surface area contributed by atoms with E-state index >= 15 is 0 Å². The van der Waals surface area contributed by atoms with E-state index in [-0.39, 0.29) is 18.1 Å². The van der Waals surface area contributed by atoms with Crippen LogP contribution in [0.5, 0.6) is 0 Å². The molecular weight excluding hydrogens is 342 g/mol. The van der Waals surface area contributed by atoms with Gasteiger partial charge >= 0.3 is 6.03 Å². The van der Waals surface area contributed by atoms with Crippen LogP contribution in [0, 0.1) is 5.92 Å². The van der Waals surface area contributed by atoms with E-state index < -0.39 is 0 Å². The fourth-order valence-corrected chi connectivity index (χ4v) is 3.94. The molecule has 2 N–H and O–H groups in total. The van der Waals surface area contributed by atoms with Gasteiger partial charge in [-0.3, -0.25) is 4.90 Å². The first kappa shape index (κ1) is 20.1. The normalized spacial score (nSPS) is 20.4. The first-order valence-corrected chi connectivity index (χ1v) is 10.3.